The highest BCUT2D eigenvalue weighted by molar-refractivity contribution is 9.10. The first-order valence-corrected chi connectivity index (χ1v) is 12.4. The van der Waals surface area contributed by atoms with Gasteiger partial charge in [-0.2, -0.15) is 5.10 Å². The zero-order valence-corrected chi connectivity index (χ0v) is 19.6. The first-order valence-electron chi connectivity index (χ1n) is 9.27. The first-order chi connectivity index (χ1) is 15.4. The lowest BCUT2D eigenvalue weighted by molar-refractivity contribution is 0.0955. The predicted octanol–water partition coefficient (Wildman–Crippen LogP) is 5.34. The van der Waals surface area contributed by atoms with E-state index in [-0.39, 0.29) is 4.21 Å². The third kappa shape index (κ3) is 5.16. The molecule has 4 rings (SSSR count). The molecule has 7 nitrogen and oxygen atoms in total. The van der Waals surface area contributed by atoms with Gasteiger partial charge in [-0.15, -0.1) is 11.3 Å². The van der Waals surface area contributed by atoms with Crippen molar-refractivity contribution in [3.8, 4) is 11.3 Å². The van der Waals surface area contributed by atoms with Crippen molar-refractivity contribution in [2.75, 3.05) is 4.72 Å². The molecule has 32 heavy (non-hydrogen) atoms. The van der Waals surface area contributed by atoms with Gasteiger partial charge >= 0.3 is 0 Å². The molecule has 0 bridgehead atoms. The minimum absolute atomic E-state index is 0.217. The number of anilines is 1. The molecule has 2 aromatic heterocycles. The van der Waals surface area contributed by atoms with Crippen LogP contribution in [0.3, 0.4) is 0 Å². The van der Waals surface area contributed by atoms with Gasteiger partial charge in [0.05, 0.1) is 6.21 Å². The van der Waals surface area contributed by atoms with Crippen molar-refractivity contribution in [1.82, 2.24) is 5.43 Å². The fourth-order valence-electron chi connectivity index (χ4n) is 2.76. The van der Waals surface area contributed by atoms with Gasteiger partial charge in [0.2, 0.25) is 0 Å². The van der Waals surface area contributed by atoms with E-state index in [9.17, 15) is 13.2 Å². The third-order valence-corrected chi connectivity index (χ3v) is 7.75. The van der Waals surface area contributed by atoms with E-state index in [0.717, 1.165) is 21.4 Å². The van der Waals surface area contributed by atoms with Gasteiger partial charge in [0.1, 0.15) is 15.7 Å². The Kier molecular flexibility index (Phi) is 6.54. The van der Waals surface area contributed by atoms with Crippen LogP contribution in [0, 0.1) is 0 Å². The summed E-state index contributed by atoms with van der Waals surface area (Å²) in [4.78, 5) is 12.3. The van der Waals surface area contributed by atoms with Gasteiger partial charge in [0, 0.05) is 21.3 Å². The van der Waals surface area contributed by atoms with Gasteiger partial charge in [-0.3, -0.25) is 9.52 Å². The van der Waals surface area contributed by atoms with E-state index in [1.54, 1.807) is 17.5 Å². The highest BCUT2D eigenvalue weighted by Gasteiger charge is 2.15. The Balaban J connectivity index is 1.36. The summed E-state index contributed by atoms with van der Waals surface area (Å²) in [5, 5.41) is 5.61. The Hall–Kier alpha value is -3.21. The second-order valence-electron chi connectivity index (χ2n) is 6.50. The lowest BCUT2D eigenvalue weighted by Crippen LogP contribution is -2.17. The second kappa shape index (κ2) is 9.51. The van der Waals surface area contributed by atoms with Crippen molar-refractivity contribution in [2.24, 2.45) is 5.10 Å². The summed E-state index contributed by atoms with van der Waals surface area (Å²) in [6, 6.07) is 20.5. The lowest BCUT2D eigenvalue weighted by Gasteiger charge is -2.07. The van der Waals surface area contributed by atoms with Crippen LogP contribution in [0.1, 0.15) is 16.1 Å². The number of benzene rings is 2. The molecule has 10 heteroatoms. The molecule has 0 aliphatic heterocycles. The number of nitrogens with zero attached hydrogens (tertiary/aromatic N) is 1. The average Bonchev–Trinajstić information content (AvgIpc) is 3.47. The largest absolute Gasteiger partial charge is 0.455 e. The molecular formula is C22H16BrN3O4S2. The summed E-state index contributed by atoms with van der Waals surface area (Å²) in [5.41, 5.74) is 4.01. The normalized spacial score (nSPS) is 11.5. The maximum atomic E-state index is 12.3. The molecule has 0 aliphatic rings. The number of hydrogen-bond acceptors (Lipinski definition) is 6. The molecule has 2 heterocycles. The summed E-state index contributed by atoms with van der Waals surface area (Å²) >= 11 is 4.61. The van der Waals surface area contributed by atoms with Crippen LogP contribution in [-0.2, 0) is 10.0 Å². The fraction of sp³-hybridized carbons (Fsp3) is 0. The van der Waals surface area contributed by atoms with Crippen molar-refractivity contribution >= 4 is 55.1 Å². The molecule has 2 aromatic carbocycles. The van der Waals surface area contributed by atoms with Crippen LogP contribution >= 0.6 is 27.3 Å². The molecular weight excluding hydrogens is 514 g/mol. The smallest absolute Gasteiger partial charge is 0.271 e. The van der Waals surface area contributed by atoms with E-state index in [4.69, 9.17) is 4.42 Å². The molecule has 4 aromatic rings. The number of amides is 1. The summed E-state index contributed by atoms with van der Waals surface area (Å²) in [6.45, 7) is 0. The Bertz CT molecular complexity index is 1360. The Morgan fingerprint density at radius 2 is 1.78 bits per heavy atom. The van der Waals surface area contributed by atoms with E-state index >= 15 is 0 Å². The minimum atomic E-state index is -3.64. The zero-order chi connectivity index (χ0) is 22.6. The van der Waals surface area contributed by atoms with Crippen LogP contribution in [0.15, 0.2) is 96.4 Å². The molecule has 1 amide bonds. The summed E-state index contributed by atoms with van der Waals surface area (Å²) in [5.74, 6) is 0.715. The summed E-state index contributed by atoms with van der Waals surface area (Å²) in [7, 11) is -3.64. The van der Waals surface area contributed by atoms with Crippen LogP contribution in [0.2, 0.25) is 0 Å². The van der Waals surface area contributed by atoms with Crippen molar-refractivity contribution < 1.29 is 17.6 Å². The van der Waals surface area contributed by atoms with Gasteiger partial charge in [-0.25, -0.2) is 13.8 Å². The maximum absolute atomic E-state index is 12.3. The van der Waals surface area contributed by atoms with Crippen LogP contribution in [0.5, 0.6) is 0 Å². The monoisotopic (exact) mass is 529 g/mol. The minimum Gasteiger partial charge on any atom is -0.455 e. The molecule has 0 saturated carbocycles. The molecule has 0 fully saturated rings. The topological polar surface area (TPSA) is 101 Å². The number of sulfonamides is 1. The van der Waals surface area contributed by atoms with E-state index in [1.165, 1.54) is 36.5 Å². The standard InChI is InChI=1S/C22H16BrN3O4S2/c23-19-5-2-1-4-18(19)20-12-11-17(30-20)14-24-25-22(27)15-7-9-16(10-8-15)26-32(28,29)21-6-3-13-31-21/h1-14,26H,(H,25,27). The van der Waals surface area contributed by atoms with Crippen molar-refractivity contribution in [3.63, 3.8) is 0 Å². The molecule has 0 unspecified atom stereocenters. The van der Waals surface area contributed by atoms with Gasteiger partial charge in [-0.1, -0.05) is 40.2 Å². The van der Waals surface area contributed by atoms with E-state index in [1.807, 2.05) is 30.3 Å². The number of carbonyl (C=O) groups is 1. The number of halogens is 1. The molecule has 0 spiro atoms. The number of rotatable bonds is 7. The molecule has 0 aliphatic carbocycles. The van der Waals surface area contributed by atoms with E-state index < -0.39 is 15.9 Å². The molecule has 162 valence electrons. The van der Waals surface area contributed by atoms with Gasteiger partial charge in [-0.05, 0) is 53.9 Å². The summed E-state index contributed by atoms with van der Waals surface area (Å²) < 4.78 is 33.9. The number of hydrogen-bond donors (Lipinski definition) is 2. The van der Waals surface area contributed by atoms with E-state index in [2.05, 4.69) is 31.2 Å². The maximum Gasteiger partial charge on any atom is 0.271 e. The number of nitrogens with one attached hydrogen (secondary N) is 2. The molecule has 0 radical (unpaired) electrons. The quantitative estimate of drug-likeness (QED) is 0.249. The predicted molar refractivity (Wildman–Crippen MR) is 128 cm³/mol. The van der Waals surface area contributed by atoms with Crippen LogP contribution in [0.4, 0.5) is 5.69 Å². The van der Waals surface area contributed by atoms with Crippen LogP contribution in [0.25, 0.3) is 11.3 Å². The SMILES string of the molecule is O=C(NN=Cc1ccc(-c2ccccc2Br)o1)c1ccc(NS(=O)(=O)c2cccs2)cc1. The van der Waals surface area contributed by atoms with Crippen molar-refractivity contribution in [3.05, 3.63) is 94.0 Å². The highest BCUT2D eigenvalue weighted by atomic mass is 79.9. The van der Waals surface area contributed by atoms with Crippen molar-refractivity contribution in [2.45, 2.75) is 4.21 Å². The Morgan fingerprint density at radius 1 is 1.00 bits per heavy atom. The van der Waals surface area contributed by atoms with Crippen molar-refractivity contribution in [1.29, 1.82) is 0 Å². The Labute approximate surface area is 197 Å². The highest BCUT2D eigenvalue weighted by Crippen LogP contribution is 2.29. The van der Waals surface area contributed by atoms with Crippen LogP contribution in [-0.4, -0.2) is 20.5 Å². The number of hydrazone groups is 1. The third-order valence-electron chi connectivity index (χ3n) is 4.28. The second-order valence-corrected chi connectivity index (χ2v) is 10.2. The number of carbonyl (C=O) groups excluding carboxylic acids is 1. The average molecular weight is 530 g/mol. The first kappa shape index (κ1) is 22.0. The molecule has 0 atom stereocenters. The fourth-order valence-corrected chi connectivity index (χ4v) is 5.29. The van der Waals surface area contributed by atoms with E-state index in [0.29, 0.717) is 22.8 Å². The van der Waals surface area contributed by atoms with Gasteiger partial charge in [0.15, 0.2) is 0 Å². The van der Waals surface area contributed by atoms with Crippen LogP contribution < -0.4 is 10.1 Å². The Morgan fingerprint density at radius 3 is 2.50 bits per heavy atom. The van der Waals surface area contributed by atoms with Gasteiger partial charge < -0.3 is 4.42 Å². The van der Waals surface area contributed by atoms with Gasteiger partial charge in [0.25, 0.3) is 15.9 Å². The lowest BCUT2D eigenvalue weighted by atomic mass is 10.2. The number of furan rings is 1. The molecule has 0 saturated heterocycles. The molecule has 2 N–H and O–H groups in total. The zero-order valence-electron chi connectivity index (χ0n) is 16.4. The number of thiophene rings is 1. The summed E-state index contributed by atoms with van der Waals surface area (Å²) in [6.07, 6.45) is 1.40.